The van der Waals surface area contributed by atoms with Crippen LogP contribution >= 0.6 is 0 Å². The summed E-state index contributed by atoms with van der Waals surface area (Å²) in [4.78, 5) is 0. The molecule has 2 aromatic rings. The van der Waals surface area contributed by atoms with Gasteiger partial charge in [-0.1, -0.05) is 24.3 Å². The minimum atomic E-state index is 1.10. The average Bonchev–Trinajstić information content (AvgIpc) is 2.71. The van der Waals surface area contributed by atoms with Crippen LogP contribution in [0, 0.1) is 0 Å². The fourth-order valence-electron chi connectivity index (χ4n) is 1.42. The lowest BCUT2D eigenvalue weighted by Gasteiger charge is -2.04. The summed E-state index contributed by atoms with van der Waals surface area (Å²) < 4.78 is 2.09. The van der Waals surface area contributed by atoms with E-state index in [9.17, 15) is 0 Å². The summed E-state index contributed by atoms with van der Waals surface area (Å²) in [5, 5.41) is 0. The van der Waals surface area contributed by atoms with Crippen LogP contribution in [-0.4, -0.2) is 4.57 Å². The van der Waals surface area contributed by atoms with Gasteiger partial charge in [-0.2, -0.15) is 0 Å². The Kier molecular flexibility index (Phi) is 2.23. The van der Waals surface area contributed by atoms with Crippen LogP contribution in [0.15, 0.2) is 55.4 Å². The maximum Gasteiger partial charge on any atom is 0.0449 e. The molecular weight excluding hydrogens is 170 g/mol. The van der Waals surface area contributed by atoms with Gasteiger partial charge in [-0.15, -0.1) is 0 Å². The summed E-state index contributed by atoms with van der Waals surface area (Å²) in [6.45, 7) is 5.93. The average molecular weight is 183 g/mol. The van der Waals surface area contributed by atoms with Gasteiger partial charge in [0.2, 0.25) is 0 Å². The van der Waals surface area contributed by atoms with Gasteiger partial charge in [0.1, 0.15) is 0 Å². The second kappa shape index (κ2) is 3.54. The smallest absolute Gasteiger partial charge is 0.0449 e. The zero-order valence-corrected chi connectivity index (χ0v) is 8.27. The summed E-state index contributed by atoms with van der Waals surface area (Å²) in [7, 11) is 0. The van der Waals surface area contributed by atoms with E-state index in [2.05, 4.69) is 35.4 Å². The van der Waals surface area contributed by atoms with Crippen molar-refractivity contribution in [2.75, 3.05) is 0 Å². The van der Waals surface area contributed by atoms with Crippen molar-refractivity contribution < 1.29 is 0 Å². The normalized spacial score (nSPS) is 10.1. The van der Waals surface area contributed by atoms with Crippen molar-refractivity contribution in [1.82, 2.24) is 4.57 Å². The molecule has 1 aromatic heterocycles. The summed E-state index contributed by atoms with van der Waals surface area (Å²) in [6.07, 6.45) is 4.07. The van der Waals surface area contributed by atoms with E-state index in [0.717, 1.165) is 5.57 Å². The number of nitrogens with zero attached hydrogens (tertiary/aromatic N) is 1. The van der Waals surface area contributed by atoms with Gasteiger partial charge in [0.25, 0.3) is 0 Å². The fourth-order valence-corrected chi connectivity index (χ4v) is 1.42. The SMILES string of the molecule is C=C(C)c1ccc(-n2cccc2)cc1. The van der Waals surface area contributed by atoms with E-state index in [4.69, 9.17) is 0 Å². The van der Waals surface area contributed by atoms with Crippen LogP contribution in [0.5, 0.6) is 0 Å². The molecule has 0 spiro atoms. The zero-order chi connectivity index (χ0) is 9.97. The molecule has 0 N–H and O–H groups in total. The molecule has 1 aromatic carbocycles. The summed E-state index contributed by atoms with van der Waals surface area (Å²) in [6, 6.07) is 12.4. The maximum atomic E-state index is 3.91. The minimum absolute atomic E-state index is 1.10. The van der Waals surface area contributed by atoms with E-state index in [0.29, 0.717) is 0 Å². The second-order valence-electron chi connectivity index (χ2n) is 3.42. The molecule has 2 rings (SSSR count). The van der Waals surface area contributed by atoms with Crippen molar-refractivity contribution in [2.45, 2.75) is 6.92 Å². The van der Waals surface area contributed by atoms with Crippen LogP contribution in [0.3, 0.4) is 0 Å². The number of allylic oxidation sites excluding steroid dienone is 1. The molecule has 0 bridgehead atoms. The largest absolute Gasteiger partial charge is 0.324 e. The van der Waals surface area contributed by atoms with Crippen LogP contribution in [0.1, 0.15) is 12.5 Å². The van der Waals surface area contributed by atoms with Gasteiger partial charge < -0.3 is 4.57 Å². The van der Waals surface area contributed by atoms with Crippen molar-refractivity contribution >= 4 is 5.57 Å². The Balaban J connectivity index is 2.36. The lowest BCUT2D eigenvalue weighted by molar-refractivity contribution is 1.08. The molecule has 0 aliphatic heterocycles. The number of hydrogen-bond donors (Lipinski definition) is 0. The van der Waals surface area contributed by atoms with Gasteiger partial charge in [0.15, 0.2) is 0 Å². The van der Waals surface area contributed by atoms with Gasteiger partial charge in [-0.25, -0.2) is 0 Å². The van der Waals surface area contributed by atoms with Gasteiger partial charge in [0, 0.05) is 18.1 Å². The van der Waals surface area contributed by atoms with Crippen molar-refractivity contribution in [2.24, 2.45) is 0 Å². The first kappa shape index (κ1) is 8.82. The fraction of sp³-hybridized carbons (Fsp3) is 0.0769. The molecule has 14 heavy (non-hydrogen) atoms. The van der Waals surface area contributed by atoms with Crippen molar-refractivity contribution in [1.29, 1.82) is 0 Å². The number of aromatic nitrogens is 1. The van der Waals surface area contributed by atoms with E-state index >= 15 is 0 Å². The highest BCUT2D eigenvalue weighted by Crippen LogP contribution is 2.14. The van der Waals surface area contributed by atoms with E-state index in [1.807, 2.05) is 31.5 Å². The number of rotatable bonds is 2. The van der Waals surface area contributed by atoms with Crippen molar-refractivity contribution in [3.05, 3.63) is 60.9 Å². The Morgan fingerprint density at radius 1 is 1.07 bits per heavy atom. The molecule has 0 atom stereocenters. The molecule has 70 valence electrons. The lowest BCUT2D eigenvalue weighted by Crippen LogP contribution is -1.89. The first-order valence-electron chi connectivity index (χ1n) is 4.66. The molecule has 0 aliphatic carbocycles. The molecule has 0 saturated heterocycles. The highest BCUT2D eigenvalue weighted by Gasteiger charge is 1.95. The Hall–Kier alpha value is -1.76. The summed E-state index contributed by atoms with van der Waals surface area (Å²) in [5.41, 5.74) is 3.48. The predicted octanol–water partition coefficient (Wildman–Crippen LogP) is 3.51. The Morgan fingerprint density at radius 3 is 2.14 bits per heavy atom. The number of hydrogen-bond acceptors (Lipinski definition) is 0. The third-order valence-electron chi connectivity index (χ3n) is 2.26. The van der Waals surface area contributed by atoms with E-state index in [1.165, 1.54) is 11.3 Å². The molecule has 0 radical (unpaired) electrons. The van der Waals surface area contributed by atoms with E-state index in [1.54, 1.807) is 0 Å². The van der Waals surface area contributed by atoms with Gasteiger partial charge in [-0.3, -0.25) is 0 Å². The van der Waals surface area contributed by atoms with Crippen LogP contribution < -0.4 is 0 Å². The predicted molar refractivity (Wildman–Crippen MR) is 60.5 cm³/mol. The highest BCUT2D eigenvalue weighted by atomic mass is 14.9. The molecule has 0 aliphatic rings. The standard InChI is InChI=1S/C13H13N/c1-11(2)12-5-7-13(8-6-12)14-9-3-4-10-14/h3-10H,1H2,2H3. The molecule has 0 saturated carbocycles. The third-order valence-corrected chi connectivity index (χ3v) is 2.26. The lowest BCUT2D eigenvalue weighted by atomic mass is 10.1. The maximum absolute atomic E-state index is 3.91. The first-order chi connectivity index (χ1) is 6.77. The van der Waals surface area contributed by atoms with E-state index in [-0.39, 0.29) is 0 Å². The zero-order valence-electron chi connectivity index (χ0n) is 8.27. The van der Waals surface area contributed by atoms with Crippen LogP contribution in [0.25, 0.3) is 11.3 Å². The Morgan fingerprint density at radius 2 is 1.64 bits per heavy atom. The van der Waals surface area contributed by atoms with Crippen LogP contribution in [-0.2, 0) is 0 Å². The van der Waals surface area contributed by atoms with Gasteiger partial charge >= 0.3 is 0 Å². The van der Waals surface area contributed by atoms with Crippen molar-refractivity contribution in [3.8, 4) is 5.69 Å². The van der Waals surface area contributed by atoms with E-state index < -0.39 is 0 Å². The molecule has 0 fully saturated rings. The van der Waals surface area contributed by atoms with Crippen LogP contribution in [0.4, 0.5) is 0 Å². The quantitative estimate of drug-likeness (QED) is 0.671. The Bertz CT molecular complexity index is 421. The van der Waals surface area contributed by atoms with Gasteiger partial charge in [-0.05, 0) is 36.8 Å². The molecule has 1 heteroatoms. The molecule has 0 amide bonds. The number of benzene rings is 1. The first-order valence-corrected chi connectivity index (χ1v) is 4.66. The third kappa shape index (κ3) is 1.62. The molecule has 0 unspecified atom stereocenters. The van der Waals surface area contributed by atoms with Crippen molar-refractivity contribution in [3.63, 3.8) is 0 Å². The van der Waals surface area contributed by atoms with Crippen LogP contribution in [0.2, 0.25) is 0 Å². The monoisotopic (exact) mass is 183 g/mol. The summed E-state index contributed by atoms with van der Waals surface area (Å²) >= 11 is 0. The molecular formula is C13H13N. The summed E-state index contributed by atoms with van der Waals surface area (Å²) in [5.74, 6) is 0. The topological polar surface area (TPSA) is 4.93 Å². The highest BCUT2D eigenvalue weighted by molar-refractivity contribution is 5.62. The minimum Gasteiger partial charge on any atom is -0.324 e. The second-order valence-corrected chi connectivity index (χ2v) is 3.42. The molecule has 1 nitrogen and oxygen atoms in total. The molecule has 1 heterocycles. The van der Waals surface area contributed by atoms with Gasteiger partial charge in [0.05, 0.1) is 0 Å². The Labute approximate surface area is 84.3 Å².